The predicted octanol–water partition coefficient (Wildman–Crippen LogP) is 6.17. The van der Waals surface area contributed by atoms with Crippen LogP contribution in [-0.2, 0) is 9.47 Å². The lowest BCUT2D eigenvalue weighted by Gasteiger charge is -2.32. The number of hydrogen-bond donors (Lipinski definition) is 0. The highest BCUT2D eigenvalue weighted by Gasteiger charge is 2.28. The molecule has 1 aliphatic heterocycles. The van der Waals surface area contributed by atoms with Gasteiger partial charge in [0.15, 0.2) is 11.6 Å². The fourth-order valence-electron chi connectivity index (χ4n) is 4.49. The topological polar surface area (TPSA) is 27.7 Å². The minimum atomic E-state index is -0.863. The second-order valence-electron chi connectivity index (χ2n) is 8.29. The van der Waals surface area contributed by atoms with E-state index in [1.807, 2.05) is 6.08 Å². The monoisotopic (exact) mass is 408 g/mol. The molecule has 1 aromatic rings. The highest BCUT2D eigenvalue weighted by molar-refractivity contribution is 5.33. The minimum absolute atomic E-state index is 0.00253. The van der Waals surface area contributed by atoms with Crippen LogP contribution >= 0.6 is 0 Å². The first-order valence-corrected chi connectivity index (χ1v) is 11.1. The van der Waals surface area contributed by atoms with Gasteiger partial charge >= 0.3 is 0 Å². The van der Waals surface area contributed by atoms with E-state index in [0.717, 1.165) is 58.0 Å². The summed E-state index contributed by atoms with van der Waals surface area (Å²) in [5, 5.41) is 0. The van der Waals surface area contributed by atoms with E-state index in [0.29, 0.717) is 30.8 Å². The van der Waals surface area contributed by atoms with Gasteiger partial charge < -0.3 is 14.2 Å². The Morgan fingerprint density at radius 2 is 1.90 bits per heavy atom. The molecular weight excluding hydrogens is 374 g/mol. The average molecular weight is 409 g/mol. The zero-order valence-electron chi connectivity index (χ0n) is 17.5. The molecule has 1 aliphatic carbocycles. The van der Waals surface area contributed by atoms with Crippen molar-refractivity contribution in [2.75, 3.05) is 19.8 Å². The van der Waals surface area contributed by atoms with Gasteiger partial charge in [-0.2, -0.15) is 4.39 Å². The lowest BCUT2D eigenvalue weighted by molar-refractivity contribution is -0.0953. The van der Waals surface area contributed by atoms with Crippen LogP contribution in [-0.4, -0.2) is 32.0 Å². The van der Waals surface area contributed by atoms with Crippen molar-refractivity contribution in [3.63, 3.8) is 0 Å². The van der Waals surface area contributed by atoms with Gasteiger partial charge in [0, 0.05) is 6.61 Å². The summed E-state index contributed by atoms with van der Waals surface area (Å²) in [4.78, 5) is 0. The molecule has 0 N–H and O–H groups in total. The molecule has 2 aliphatic rings. The molecule has 0 spiro atoms. The van der Waals surface area contributed by atoms with Gasteiger partial charge in [-0.15, -0.1) is 6.58 Å². The smallest absolute Gasteiger partial charge is 0.200 e. The Kier molecular flexibility index (Phi) is 8.49. The van der Waals surface area contributed by atoms with E-state index in [4.69, 9.17) is 14.2 Å². The molecule has 1 saturated heterocycles. The van der Waals surface area contributed by atoms with Crippen molar-refractivity contribution in [3.8, 4) is 5.75 Å². The first kappa shape index (κ1) is 22.2. The molecular formula is C24H34F2O3. The summed E-state index contributed by atoms with van der Waals surface area (Å²) in [6.45, 7) is 7.25. The summed E-state index contributed by atoms with van der Waals surface area (Å²) < 4.78 is 45.8. The molecule has 2 unspecified atom stereocenters. The summed E-state index contributed by atoms with van der Waals surface area (Å²) in [5.74, 6) is -1.06. The Morgan fingerprint density at radius 1 is 1.10 bits per heavy atom. The minimum Gasteiger partial charge on any atom is -0.491 e. The summed E-state index contributed by atoms with van der Waals surface area (Å²) in [5.41, 5.74) is 0.483. The third-order valence-electron chi connectivity index (χ3n) is 6.25. The van der Waals surface area contributed by atoms with Crippen molar-refractivity contribution >= 4 is 0 Å². The maximum Gasteiger partial charge on any atom is 0.200 e. The third-order valence-corrected chi connectivity index (χ3v) is 6.25. The highest BCUT2D eigenvalue weighted by atomic mass is 19.2. The molecule has 0 radical (unpaired) electrons. The van der Waals surface area contributed by atoms with Crippen molar-refractivity contribution < 1.29 is 23.0 Å². The Balaban J connectivity index is 1.41. The molecule has 1 aromatic carbocycles. The fraction of sp³-hybridized carbons (Fsp3) is 0.667. The van der Waals surface area contributed by atoms with Crippen LogP contribution in [0.2, 0.25) is 0 Å². The number of rotatable bonds is 9. The summed E-state index contributed by atoms with van der Waals surface area (Å²) in [7, 11) is 0. The van der Waals surface area contributed by atoms with E-state index in [1.54, 1.807) is 19.1 Å². The first-order valence-electron chi connectivity index (χ1n) is 11.1. The van der Waals surface area contributed by atoms with Crippen molar-refractivity contribution in [3.05, 3.63) is 42.0 Å². The van der Waals surface area contributed by atoms with Gasteiger partial charge in [0.2, 0.25) is 5.82 Å². The molecule has 1 heterocycles. The number of allylic oxidation sites excluding steroid dienone is 1. The van der Waals surface area contributed by atoms with Crippen LogP contribution in [0.3, 0.4) is 0 Å². The molecule has 1 saturated carbocycles. The molecule has 3 nitrogen and oxygen atoms in total. The van der Waals surface area contributed by atoms with Crippen molar-refractivity contribution in [1.29, 1.82) is 0 Å². The maximum atomic E-state index is 14.5. The zero-order chi connectivity index (χ0) is 20.6. The van der Waals surface area contributed by atoms with Crippen LogP contribution in [0.15, 0.2) is 24.8 Å². The number of benzene rings is 1. The first-order chi connectivity index (χ1) is 14.1. The molecule has 0 bridgehead atoms. The van der Waals surface area contributed by atoms with Gasteiger partial charge in [-0.05, 0) is 81.8 Å². The Morgan fingerprint density at radius 3 is 2.55 bits per heavy atom. The summed E-state index contributed by atoms with van der Waals surface area (Å²) >= 11 is 0. The molecule has 0 amide bonds. The van der Waals surface area contributed by atoms with Crippen LogP contribution < -0.4 is 4.74 Å². The van der Waals surface area contributed by atoms with Gasteiger partial charge in [0.25, 0.3) is 0 Å². The van der Waals surface area contributed by atoms with E-state index in [2.05, 4.69) is 6.58 Å². The SMILES string of the molecule is C=CCCC1CCC(OCC2CCC(c3ccc(OCC)c(F)c3F)CC2)CO1. The number of halogens is 2. The molecule has 29 heavy (non-hydrogen) atoms. The molecule has 0 aromatic heterocycles. The van der Waals surface area contributed by atoms with Crippen LogP contribution in [0.4, 0.5) is 8.78 Å². The molecule has 162 valence electrons. The fourth-order valence-corrected chi connectivity index (χ4v) is 4.49. The molecule has 5 heteroatoms. The quantitative estimate of drug-likeness (QED) is 0.458. The molecule has 2 atom stereocenters. The molecule has 3 rings (SSSR count). The summed E-state index contributed by atoms with van der Waals surface area (Å²) in [6.07, 6.45) is 10.3. The van der Waals surface area contributed by atoms with Crippen LogP contribution in [0, 0.1) is 17.6 Å². The standard InChI is InChI=1S/C24H34F2O3/c1-3-5-6-19-11-12-20(16-29-19)28-15-17-7-9-18(10-8-17)21-13-14-22(27-4-2)24(26)23(21)25/h3,13-14,17-20H,1,4-12,15-16H2,2H3. The second-order valence-corrected chi connectivity index (χ2v) is 8.29. The van der Waals surface area contributed by atoms with Crippen LogP contribution in [0.1, 0.15) is 69.8 Å². The second kappa shape index (κ2) is 11.1. The van der Waals surface area contributed by atoms with Gasteiger partial charge in [-0.1, -0.05) is 12.1 Å². The molecule has 2 fully saturated rings. The number of hydrogen-bond acceptors (Lipinski definition) is 3. The largest absolute Gasteiger partial charge is 0.491 e. The summed E-state index contributed by atoms with van der Waals surface area (Å²) in [6, 6.07) is 3.24. The van der Waals surface area contributed by atoms with Gasteiger partial charge in [-0.3, -0.25) is 0 Å². The lowest BCUT2D eigenvalue weighted by Crippen LogP contribution is -2.33. The van der Waals surface area contributed by atoms with E-state index in [9.17, 15) is 8.78 Å². The Bertz CT molecular complexity index is 648. The van der Waals surface area contributed by atoms with Crippen LogP contribution in [0.25, 0.3) is 0 Å². The van der Waals surface area contributed by atoms with Gasteiger partial charge in [0.1, 0.15) is 0 Å². The highest BCUT2D eigenvalue weighted by Crippen LogP contribution is 2.39. The van der Waals surface area contributed by atoms with Gasteiger partial charge in [0.05, 0.1) is 25.4 Å². The van der Waals surface area contributed by atoms with E-state index in [1.165, 1.54) is 0 Å². The number of ether oxygens (including phenoxy) is 3. The van der Waals surface area contributed by atoms with Crippen LogP contribution in [0.5, 0.6) is 5.75 Å². The lowest BCUT2D eigenvalue weighted by atomic mass is 9.78. The maximum absolute atomic E-state index is 14.5. The Labute approximate surface area is 173 Å². The van der Waals surface area contributed by atoms with Crippen molar-refractivity contribution in [2.24, 2.45) is 5.92 Å². The third kappa shape index (κ3) is 6.02. The van der Waals surface area contributed by atoms with E-state index >= 15 is 0 Å². The van der Waals surface area contributed by atoms with Crippen molar-refractivity contribution in [1.82, 2.24) is 0 Å². The average Bonchev–Trinajstić information content (AvgIpc) is 2.75. The Hall–Kier alpha value is -1.46. The van der Waals surface area contributed by atoms with Gasteiger partial charge in [-0.25, -0.2) is 4.39 Å². The van der Waals surface area contributed by atoms with E-state index in [-0.39, 0.29) is 17.8 Å². The van der Waals surface area contributed by atoms with E-state index < -0.39 is 11.6 Å². The normalized spacial score (nSPS) is 27.6. The predicted molar refractivity (Wildman–Crippen MR) is 110 cm³/mol. The zero-order valence-corrected chi connectivity index (χ0v) is 17.5. The van der Waals surface area contributed by atoms with Crippen molar-refractivity contribution in [2.45, 2.75) is 76.4 Å².